The van der Waals surface area contributed by atoms with Gasteiger partial charge in [-0.05, 0) is 12.1 Å². The van der Waals surface area contributed by atoms with E-state index in [4.69, 9.17) is 5.73 Å². The third-order valence-corrected chi connectivity index (χ3v) is 1.72. The second-order valence-electron chi connectivity index (χ2n) is 2.76. The zero-order valence-corrected chi connectivity index (χ0v) is 7.59. The van der Waals surface area contributed by atoms with Crippen molar-refractivity contribution in [2.24, 2.45) is 11.0 Å². The average Bonchev–Trinajstić information content (AvgIpc) is 2.20. The van der Waals surface area contributed by atoms with Crippen LogP contribution in [-0.4, -0.2) is 12.5 Å². The zero-order chi connectivity index (χ0) is 10.4. The van der Waals surface area contributed by atoms with E-state index in [1.807, 2.05) is 6.07 Å². The summed E-state index contributed by atoms with van der Waals surface area (Å²) in [5, 5.41) is 4.00. The first-order valence-corrected chi connectivity index (χ1v) is 4.18. The number of anilines is 1. The number of primary amides is 1. The summed E-state index contributed by atoms with van der Waals surface area (Å²) >= 11 is 0. The number of hydrogen-bond donors (Lipinski definition) is 1. The molecule has 1 amide bonds. The van der Waals surface area contributed by atoms with Gasteiger partial charge in [-0.2, -0.15) is 0 Å². The molecule has 0 fully saturated rings. The molecule has 0 heterocycles. The Morgan fingerprint density at radius 2 is 2.00 bits per heavy atom. The summed E-state index contributed by atoms with van der Waals surface area (Å²) in [6.45, 7) is 0.211. The second-order valence-corrected chi connectivity index (χ2v) is 2.76. The molecule has 0 bridgehead atoms. The Morgan fingerprint density at radius 3 is 2.50 bits per heavy atom. The van der Waals surface area contributed by atoms with Crippen molar-refractivity contribution in [3.63, 3.8) is 0 Å². The van der Waals surface area contributed by atoms with E-state index < -0.39 is 5.91 Å². The van der Waals surface area contributed by atoms with Gasteiger partial charge in [0.2, 0.25) is 5.91 Å². The summed E-state index contributed by atoms with van der Waals surface area (Å²) in [6, 6.07) is 8.89. The first-order chi connectivity index (χ1) is 6.74. The van der Waals surface area contributed by atoms with Crippen molar-refractivity contribution >= 4 is 11.6 Å². The highest BCUT2D eigenvalue weighted by atomic mass is 16.3. The quantitative estimate of drug-likeness (QED) is 0.561. The molecule has 0 atom stereocenters. The number of amides is 1. The van der Waals surface area contributed by atoms with Crippen LogP contribution in [0.4, 0.5) is 5.69 Å². The minimum absolute atomic E-state index is 0.112. The van der Waals surface area contributed by atoms with Crippen molar-refractivity contribution in [2.75, 3.05) is 11.6 Å². The van der Waals surface area contributed by atoms with E-state index in [-0.39, 0.29) is 13.0 Å². The van der Waals surface area contributed by atoms with Gasteiger partial charge < -0.3 is 5.73 Å². The number of nitroso groups, excluding NO2 is 1. The molecular weight excluding hydrogens is 182 g/mol. The van der Waals surface area contributed by atoms with Crippen LogP contribution in [-0.2, 0) is 4.79 Å². The first-order valence-electron chi connectivity index (χ1n) is 4.18. The minimum Gasteiger partial charge on any atom is -0.370 e. The topological polar surface area (TPSA) is 75.8 Å². The maximum atomic E-state index is 10.5. The van der Waals surface area contributed by atoms with Crippen LogP contribution in [0.2, 0.25) is 0 Å². The zero-order valence-electron chi connectivity index (χ0n) is 7.59. The lowest BCUT2D eigenvalue weighted by Gasteiger charge is -2.13. The number of rotatable bonds is 5. The van der Waals surface area contributed by atoms with Crippen molar-refractivity contribution in [2.45, 2.75) is 6.42 Å². The number of benzene rings is 1. The number of hydrogen-bond acceptors (Lipinski definition) is 3. The fourth-order valence-electron chi connectivity index (χ4n) is 1.03. The van der Waals surface area contributed by atoms with E-state index >= 15 is 0 Å². The summed E-state index contributed by atoms with van der Waals surface area (Å²) in [6.07, 6.45) is 0.112. The molecule has 0 saturated heterocycles. The molecule has 0 aromatic heterocycles. The SMILES string of the molecule is NC(=O)CCN(N=O)c1ccccc1. The number of carbonyl (C=O) groups excluding carboxylic acids is 1. The van der Waals surface area contributed by atoms with Crippen molar-refractivity contribution in [3.05, 3.63) is 35.2 Å². The highest BCUT2D eigenvalue weighted by Crippen LogP contribution is 2.13. The second kappa shape index (κ2) is 4.96. The summed E-state index contributed by atoms with van der Waals surface area (Å²) in [7, 11) is 0. The molecule has 1 rings (SSSR count). The Labute approximate surface area is 81.5 Å². The molecule has 1 aromatic carbocycles. The fraction of sp³-hybridized carbons (Fsp3) is 0.222. The maximum absolute atomic E-state index is 10.5. The van der Waals surface area contributed by atoms with Gasteiger partial charge in [-0.1, -0.05) is 18.2 Å². The molecule has 74 valence electrons. The summed E-state index contributed by atoms with van der Waals surface area (Å²) in [5.74, 6) is -0.449. The van der Waals surface area contributed by atoms with Gasteiger partial charge in [-0.3, -0.25) is 4.79 Å². The lowest BCUT2D eigenvalue weighted by atomic mass is 10.3. The lowest BCUT2D eigenvalue weighted by molar-refractivity contribution is -0.117. The van der Waals surface area contributed by atoms with Crippen LogP contribution in [0.25, 0.3) is 0 Å². The molecule has 0 aliphatic heterocycles. The Hall–Kier alpha value is -1.91. The summed E-state index contributed by atoms with van der Waals surface area (Å²) < 4.78 is 0. The van der Waals surface area contributed by atoms with Crippen molar-refractivity contribution in [1.82, 2.24) is 0 Å². The van der Waals surface area contributed by atoms with Crippen molar-refractivity contribution in [1.29, 1.82) is 0 Å². The maximum Gasteiger partial charge on any atom is 0.219 e. The van der Waals surface area contributed by atoms with Crippen LogP contribution >= 0.6 is 0 Å². The Morgan fingerprint density at radius 1 is 1.36 bits per heavy atom. The van der Waals surface area contributed by atoms with E-state index in [0.717, 1.165) is 0 Å². The minimum atomic E-state index is -0.449. The van der Waals surface area contributed by atoms with Crippen LogP contribution in [0.1, 0.15) is 6.42 Å². The van der Waals surface area contributed by atoms with Gasteiger partial charge in [0.05, 0.1) is 17.5 Å². The third kappa shape index (κ3) is 2.85. The third-order valence-electron chi connectivity index (χ3n) is 1.72. The van der Waals surface area contributed by atoms with E-state index in [1.165, 1.54) is 5.01 Å². The number of nitrogens with zero attached hydrogens (tertiary/aromatic N) is 2. The normalized spacial score (nSPS) is 9.43. The van der Waals surface area contributed by atoms with E-state index in [0.29, 0.717) is 5.69 Å². The number of nitrogens with two attached hydrogens (primary N) is 1. The molecule has 5 heteroatoms. The predicted octanol–water partition coefficient (Wildman–Crippen LogP) is 1.05. The molecule has 0 spiro atoms. The Kier molecular flexibility index (Phi) is 3.60. The number of carbonyl (C=O) groups is 1. The molecule has 1 aromatic rings. The smallest absolute Gasteiger partial charge is 0.219 e. The fourth-order valence-corrected chi connectivity index (χ4v) is 1.03. The van der Waals surface area contributed by atoms with E-state index in [2.05, 4.69) is 5.29 Å². The highest BCUT2D eigenvalue weighted by molar-refractivity contribution is 5.74. The van der Waals surface area contributed by atoms with Crippen LogP contribution in [0.15, 0.2) is 35.6 Å². The van der Waals surface area contributed by atoms with Gasteiger partial charge in [0.15, 0.2) is 0 Å². The standard InChI is InChI=1S/C9H11N3O2/c10-9(13)6-7-12(11-14)8-4-2-1-3-5-8/h1-5H,6-7H2,(H2,10,13). The van der Waals surface area contributed by atoms with Gasteiger partial charge in [-0.25, -0.2) is 5.01 Å². The van der Waals surface area contributed by atoms with Gasteiger partial charge >= 0.3 is 0 Å². The molecule has 0 radical (unpaired) electrons. The van der Waals surface area contributed by atoms with Crippen LogP contribution in [0, 0.1) is 4.91 Å². The molecular formula is C9H11N3O2. The van der Waals surface area contributed by atoms with Crippen molar-refractivity contribution in [3.8, 4) is 0 Å². The first kappa shape index (κ1) is 10.2. The highest BCUT2D eigenvalue weighted by Gasteiger charge is 2.06. The average molecular weight is 193 g/mol. The lowest BCUT2D eigenvalue weighted by Crippen LogP contribution is -2.22. The molecule has 0 aliphatic rings. The van der Waals surface area contributed by atoms with Gasteiger partial charge in [0.25, 0.3) is 0 Å². The predicted molar refractivity (Wildman–Crippen MR) is 53.4 cm³/mol. The molecule has 5 nitrogen and oxygen atoms in total. The molecule has 14 heavy (non-hydrogen) atoms. The Bertz CT molecular complexity index is 313. The van der Waals surface area contributed by atoms with E-state index in [1.54, 1.807) is 24.3 Å². The monoisotopic (exact) mass is 193 g/mol. The molecule has 0 saturated carbocycles. The van der Waals surface area contributed by atoms with Crippen molar-refractivity contribution < 1.29 is 4.79 Å². The van der Waals surface area contributed by atoms with Crippen LogP contribution in [0.5, 0.6) is 0 Å². The Balaban J connectivity index is 2.63. The summed E-state index contributed by atoms with van der Waals surface area (Å²) in [5.41, 5.74) is 5.62. The molecule has 0 aliphatic carbocycles. The molecule has 0 unspecified atom stereocenters. The van der Waals surface area contributed by atoms with Gasteiger partial charge in [0.1, 0.15) is 0 Å². The van der Waals surface area contributed by atoms with Crippen LogP contribution in [0.3, 0.4) is 0 Å². The summed E-state index contributed by atoms with van der Waals surface area (Å²) in [4.78, 5) is 20.9. The van der Waals surface area contributed by atoms with Crippen LogP contribution < -0.4 is 10.7 Å². The number of para-hydroxylation sites is 1. The van der Waals surface area contributed by atoms with Gasteiger partial charge in [0, 0.05) is 6.42 Å². The molecule has 2 N–H and O–H groups in total. The van der Waals surface area contributed by atoms with E-state index in [9.17, 15) is 9.70 Å². The van der Waals surface area contributed by atoms with Gasteiger partial charge in [-0.15, -0.1) is 4.91 Å². The largest absolute Gasteiger partial charge is 0.370 e.